The average molecular weight is 305 g/mol. The first-order valence-electron chi connectivity index (χ1n) is 6.33. The maximum Gasteiger partial charge on any atom is 0.174 e. The minimum absolute atomic E-state index is 0.0138. The Bertz CT molecular complexity index is 707. The Labute approximate surface area is 125 Å². The molecule has 108 valence electrons. The van der Waals surface area contributed by atoms with Gasteiger partial charge in [0.2, 0.25) is 0 Å². The second kappa shape index (κ2) is 5.94. The fourth-order valence-corrected chi connectivity index (χ4v) is 2.12. The number of aromatic amines is 1. The van der Waals surface area contributed by atoms with Gasteiger partial charge in [0, 0.05) is 17.1 Å². The van der Waals surface area contributed by atoms with Crippen molar-refractivity contribution in [1.29, 1.82) is 0 Å². The van der Waals surface area contributed by atoms with E-state index >= 15 is 0 Å². The van der Waals surface area contributed by atoms with Crippen LogP contribution in [0.15, 0.2) is 36.9 Å². The van der Waals surface area contributed by atoms with E-state index in [0.717, 1.165) is 16.9 Å². The monoisotopic (exact) mass is 304 g/mol. The summed E-state index contributed by atoms with van der Waals surface area (Å²) in [6.07, 6.45) is 3.04. The zero-order chi connectivity index (χ0) is 14.7. The third-order valence-electron chi connectivity index (χ3n) is 2.93. The van der Waals surface area contributed by atoms with Crippen molar-refractivity contribution in [3.05, 3.63) is 41.9 Å². The first kappa shape index (κ1) is 13.6. The molecule has 0 spiro atoms. The molecule has 7 nitrogen and oxygen atoms in total. The molecule has 2 aromatic heterocycles. The van der Waals surface area contributed by atoms with Crippen molar-refractivity contribution in [3.63, 3.8) is 0 Å². The minimum atomic E-state index is 0.0138. The Morgan fingerprint density at radius 1 is 1.29 bits per heavy atom. The molecule has 0 radical (unpaired) electrons. The zero-order valence-corrected chi connectivity index (χ0v) is 11.7. The molecule has 0 saturated heterocycles. The number of hydrogen-bond acceptors (Lipinski definition) is 5. The summed E-state index contributed by atoms with van der Waals surface area (Å²) < 4.78 is 1.62. The van der Waals surface area contributed by atoms with E-state index in [1.165, 1.54) is 6.33 Å². The minimum Gasteiger partial charge on any atom is -0.395 e. The van der Waals surface area contributed by atoms with Crippen molar-refractivity contribution in [2.24, 2.45) is 0 Å². The zero-order valence-electron chi connectivity index (χ0n) is 11.0. The molecule has 0 fully saturated rings. The summed E-state index contributed by atoms with van der Waals surface area (Å²) in [6.45, 7) is 0.409. The van der Waals surface area contributed by atoms with Gasteiger partial charge < -0.3 is 10.4 Å². The predicted octanol–water partition coefficient (Wildman–Crippen LogP) is 1.71. The third-order valence-corrected chi connectivity index (χ3v) is 3.18. The molecule has 0 saturated carbocycles. The SMILES string of the molecule is OCCNc1n[nH]c(-c2ccc(Cl)cc2)c1-n1cncn1. The number of nitrogens with one attached hydrogen (secondary N) is 2. The van der Waals surface area contributed by atoms with Crippen molar-refractivity contribution >= 4 is 17.4 Å². The van der Waals surface area contributed by atoms with E-state index < -0.39 is 0 Å². The quantitative estimate of drug-likeness (QED) is 0.667. The highest BCUT2D eigenvalue weighted by Gasteiger charge is 2.17. The van der Waals surface area contributed by atoms with Gasteiger partial charge in [0.1, 0.15) is 18.3 Å². The number of nitrogens with zero attached hydrogens (tertiary/aromatic N) is 4. The third kappa shape index (κ3) is 2.74. The summed E-state index contributed by atoms with van der Waals surface area (Å²) in [5.74, 6) is 0.597. The molecule has 0 aliphatic carbocycles. The molecule has 1 aromatic carbocycles. The maximum atomic E-state index is 8.95. The van der Waals surface area contributed by atoms with Crippen LogP contribution in [0, 0.1) is 0 Å². The van der Waals surface area contributed by atoms with Crippen LogP contribution in [0.3, 0.4) is 0 Å². The van der Waals surface area contributed by atoms with Crippen LogP contribution in [-0.4, -0.2) is 43.2 Å². The molecule has 3 aromatic rings. The predicted molar refractivity (Wildman–Crippen MR) is 79.5 cm³/mol. The van der Waals surface area contributed by atoms with E-state index in [1.807, 2.05) is 24.3 Å². The summed E-state index contributed by atoms with van der Waals surface area (Å²) >= 11 is 5.92. The highest BCUT2D eigenvalue weighted by Crippen LogP contribution is 2.30. The Hall–Kier alpha value is -2.38. The molecular formula is C13H13ClN6O. The highest BCUT2D eigenvalue weighted by molar-refractivity contribution is 6.30. The second-order valence-corrected chi connectivity index (χ2v) is 4.73. The highest BCUT2D eigenvalue weighted by atomic mass is 35.5. The van der Waals surface area contributed by atoms with Crippen molar-refractivity contribution in [3.8, 4) is 16.9 Å². The van der Waals surface area contributed by atoms with Crippen LogP contribution in [0.4, 0.5) is 5.82 Å². The average Bonchev–Trinajstić information content (AvgIpc) is 3.14. The summed E-state index contributed by atoms with van der Waals surface area (Å²) in [7, 11) is 0. The summed E-state index contributed by atoms with van der Waals surface area (Å²) in [6, 6.07) is 7.41. The van der Waals surface area contributed by atoms with Crippen LogP contribution in [0.1, 0.15) is 0 Å². The number of anilines is 1. The molecule has 21 heavy (non-hydrogen) atoms. The summed E-state index contributed by atoms with van der Waals surface area (Å²) in [4.78, 5) is 3.96. The van der Waals surface area contributed by atoms with E-state index in [0.29, 0.717) is 17.4 Å². The van der Waals surface area contributed by atoms with Gasteiger partial charge >= 0.3 is 0 Å². The van der Waals surface area contributed by atoms with E-state index in [4.69, 9.17) is 16.7 Å². The summed E-state index contributed by atoms with van der Waals surface area (Å²) in [5, 5.41) is 24.0. The molecule has 0 amide bonds. The van der Waals surface area contributed by atoms with Gasteiger partial charge in [-0.3, -0.25) is 5.10 Å². The number of hydrogen-bond donors (Lipinski definition) is 3. The van der Waals surface area contributed by atoms with E-state index in [2.05, 4.69) is 25.6 Å². The summed E-state index contributed by atoms with van der Waals surface area (Å²) in [5.41, 5.74) is 2.45. The smallest absolute Gasteiger partial charge is 0.174 e. The van der Waals surface area contributed by atoms with Crippen molar-refractivity contribution in [1.82, 2.24) is 25.0 Å². The van der Waals surface area contributed by atoms with Gasteiger partial charge in [-0.25, -0.2) is 9.67 Å². The fraction of sp³-hybridized carbons (Fsp3) is 0.154. The fourth-order valence-electron chi connectivity index (χ4n) is 2.00. The first-order valence-corrected chi connectivity index (χ1v) is 6.71. The number of aromatic nitrogens is 5. The van der Waals surface area contributed by atoms with Gasteiger partial charge in [0.25, 0.3) is 0 Å². The van der Waals surface area contributed by atoms with Crippen LogP contribution in [0.25, 0.3) is 16.9 Å². The number of aliphatic hydroxyl groups is 1. The molecule has 0 unspecified atom stereocenters. The second-order valence-electron chi connectivity index (χ2n) is 4.29. The van der Waals surface area contributed by atoms with Gasteiger partial charge in [-0.2, -0.15) is 10.2 Å². The van der Waals surface area contributed by atoms with Crippen LogP contribution >= 0.6 is 11.6 Å². The van der Waals surface area contributed by atoms with E-state index in [9.17, 15) is 0 Å². The Balaban J connectivity index is 2.08. The van der Waals surface area contributed by atoms with Crippen LogP contribution < -0.4 is 5.32 Å². The molecular weight excluding hydrogens is 292 g/mol. The van der Waals surface area contributed by atoms with Crippen LogP contribution in [0.5, 0.6) is 0 Å². The first-order chi connectivity index (χ1) is 10.3. The molecule has 2 heterocycles. The normalized spacial score (nSPS) is 10.8. The topological polar surface area (TPSA) is 91.7 Å². The molecule has 8 heteroatoms. The number of H-pyrrole nitrogens is 1. The van der Waals surface area contributed by atoms with Gasteiger partial charge in [-0.15, -0.1) is 0 Å². The number of benzene rings is 1. The largest absolute Gasteiger partial charge is 0.395 e. The van der Waals surface area contributed by atoms with Gasteiger partial charge in [0.15, 0.2) is 5.82 Å². The molecule has 0 atom stereocenters. The lowest BCUT2D eigenvalue weighted by Crippen LogP contribution is -2.08. The number of rotatable bonds is 5. The number of aliphatic hydroxyl groups excluding tert-OH is 1. The number of halogens is 1. The van der Waals surface area contributed by atoms with Crippen molar-refractivity contribution in [2.45, 2.75) is 0 Å². The molecule has 0 aliphatic rings. The molecule has 3 N–H and O–H groups in total. The Morgan fingerprint density at radius 3 is 2.76 bits per heavy atom. The molecule has 0 bridgehead atoms. The Kier molecular flexibility index (Phi) is 3.85. The van der Waals surface area contributed by atoms with Gasteiger partial charge in [0.05, 0.1) is 12.3 Å². The lowest BCUT2D eigenvalue weighted by Gasteiger charge is -2.07. The van der Waals surface area contributed by atoms with Gasteiger partial charge in [-0.05, 0) is 12.1 Å². The molecule has 0 aliphatic heterocycles. The van der Waals surface area contributed by atoms with Crippen LogP contribution in [0.2, 0.25) is 5.02 Å². The van der Waals surface area contributed by atoms with Crippen molar-refractivity contribution in [2.75, 3.05) is 18.5 Å². The standard InChI is InChI=1S/C13H13ClN6O/c14-10-3-1-9(2-4-10)11-12(20-8-15-7-17-20)13(19-18-11)16-5-6-21/h1-4,7-8,21H,5-6H2,(H2,16,18,19). The van der Waals surface area contributed by atoms with Gasteiger partial charge in [-0.1, -0.05) is 23.7 Å². The molecule has 3 rings (SSSR count). The van der Waals surface area contributed by atoms with E-state index in [-0.39, 0.29) is 6.61 Å². The Morgan fingerprint density at radius 2 is 2.10 bits per heavy atom. The van der Waals surface area contributed by atoms with Crippen LogP contribution in [-0.2, 0) is 0 Å². The lowest BCUT2D eigenvalue weighted by molar-refractivity contribution is 0.311. The van der Waals surface area contributed by atoms with E-state index in [1.54, 1.807) is 11.0 Å². The maximum absolute atomic E-state index is 8.95. The van der Waals surface area contributed by atoms with Crippen molar-refractivity contribution < 1.29 is 5.11 Å². The lowest BCUT2D eigenvalue weighted by atomic mass is 10.1.